The van der Waals surface area contributed by atoms with Crippen LogP contribution in [0.4, 0.5) is 8.78 Å². The number of halogens is 2. The number of hydrogen-bond donors (Lipinski definition) is 1. The molecule has 1 unspecified atom stereocenters. The summed E-state index contributed by atoms with van der Waals surface area (Å²) in [5.74, 6) is -4.80. The fourth-order valence-corrected chi connectivity index (χ4v) is 2.85. The summed E-state index contributed by atoms with van der Waals surface area (Å²) >= 11 is 0. The van der Waals surface area contributed by atoms with Gasteiger partial charge in [0.05, 0.1) is 11.9 Å². The van der Waals surface area contributed by atoms with Crippen molar-refractivity contribution in [1.29, 1.82) is 0 Å². The molecule has 1 aromatic rings. The Morgan fingerprint density at radius 1 is 1.42 bits per heavy atom. The minimum absolute atomic E-state index is 0.193. The Kier molecular flexibility index (Phi) is 4.59. The van der Waals surface area contributed by atoms with E-state index < -0.39 is 43.1 Å². The van der Waals surface area contributed by atoms with E-state index in [-0.39, 0.29) is 6.61 Å². The molecule has 0 spiro atoms. The summed E-state index contributed by atoms with van der Waals surface area (Å²) in [6, 6.07) is 1.32. The predicted octanol–water partition coefficient (Wildman–Crippen LogP) is 1.47. The number of carboxylic acids is 1. The second-order valence-electron chi connectivity index (χ2n) is 3.85. The zero-order valence-corrected chi connectivity index (χ0v) is 11.0. The Morgan fingerprint density at radius 3 is 2.47 bits per heavy atom. The smallest absolute Gasteiger partial charge is 0.341 e. The molecule has 0 radical (unpaired) electrons. The van der Waals surface area contributed by atoms with Crippen LogP contribution in [0.15, 0.2) is 17.0 Å². The van der Waals surface area contributed by atoms with Gasteiger partial charge in [0.15, 0.2) is 15.7 Å². The second-order valence-corrected chi connectivity index (χ2v) is 6.19. The summed E-state index contributed by atoms with van der Waals surface area (Å²) in [5, 5.41) is 7.59. The van der Waals surface area contributed by atoms with E-state index >= 15 is 0 Å². The average molecular weight is 294 g/mol. The number of carbonyl (C=O) groups is 1. The molecule has 1 aromatic carbocycles. The highest BCUT2D eigenvalue weighted by Gasteiger charge is 2.30. The molecule has 8 heteroatoms. The molecule has 0 saturated heterocycles. The minimum atomic E-state index is -4.13. The van der Waals surface area contributed by atoms with E-state index in [4.69, 9.17) is 5.11 Å². The number of sulfone groups is 1. The Balaban J connectivity index is 3.45. The van der Waals surface area contributed by atoms with Crippen molar-refractivity contribution in [2.24, 2.45) is 0 Å². The van der Waals surface area contributed by atoms with Gasteiger partial charge in [-0.25, -0.2) is 22.0 Å². The molecule has 0 aliphatic heterocycles. The van der Waals surface area contributed by atoms with E-state index in [0.717, 1.165) is 0 Å². The summed E-state index contributed by atoms with van der Waals surface area (Å²) in [6.45, 7) is 1.09. The van der Waals surface area contributed by atoms with Gasteiger partial charge >= 0.3 is 5.97 Å². The van der Waals surface area contributed by atoms with Crippen LogP contribution in [-0.2, 0) is 14.6 Å². The van der Waals surface area contributed by atoms with E-state index in [0.29, 0.717) is 12.1 Å². The van der Waals surface area contributed by atoms with Gasteiger partial charge in [0.2, 0.25) is 0 Å². The quantitative estimate of drug-likeness (QED) is 0.832. The van der Waals surface area contributed by atoms with Gasteiger partial charge in [0.1, 0.15) is 16.3 Å². The maximum Gasteiger partial charge on any atom is 0.341 e. The monoisotopic (exact) mass is 294 g/mol. The van der Waals surface area contributed by atoms with Crippen molar-refractivity contribution in [2.75, 3.05) is 13.7 Å². The highest BCUT2D eigenvalue weighted by Crippen LogP contribution is 2.24. The molecule has 1 rings (SSSR count). The largest absolute Gasteiger partial charge is 0.477 e. The summed E-state index contributed by atoms with van der Waals surface area (Å²) in [4.78, 5) is 9.87. The van der Waals surface area contributed by atoms with E-state index in [9.17, 15) is 22.0 Å². The zero-order valence-electron chi connectivity index (χ0n) is 10.2. The van der Waals surface area contributed by atoms with Crippen molar-refractivity contribution < 1.29 is 31.8 Å². The number of ether oxygens (including phenoxy) is 1. The Hall–Kier alpha value is -1.54. The lowest BCUT2D eigenvalue weighted by Crippen LogP contribution is -2.24. The third-order valence-electron chi connectivity index (χ3n) is 2.51. The molecule has 0 fully saturated rings. The first kappa shape index (κ1) is 15.5. The van der Waals surface area contributed by atoms with Crippen molar-refractivity contribution in [2.45, 2.75) is 17.1 Å². The van der Waals surface area contributed by atoms with E-state index in [2.05, 4.69) is 4.74 Å². The lowest BCUT2D eigenvalue weighted by Gasteiger charge is -2.13. The van der Waals surface area contributed by atoms with Gasteiger partial charge in [-0.3, -0.25) is 0 Å². The van der Waals surface area contributed by atoms with Crippen LogP contribution in [0.5, 0.6) is 0 Å². The lowest BCUT2D eigenvalue weighted by molar-refractivity contribution is 0.0685. The molecule has 0 heterocycles. The number of hydrogen-bond acceptors (Lipinski definition) is 4. The summed E-state index contributed by atoms with van der Waals surface area (Å²) < 4.78 is 55.7. The SMILES string of the molecule is COCC(C)S(=O)(=O)c1ccc(F)c(C(=O)O)c1F. The molecule has 19 heavy (non-hydrogen) atoms. The zero-order chi connectivity index (χ0) is 14.8. The highest BCUT2D eigenvalue weighted by molar-refractivity contribution is 7.92. The van der Waals surface area contributed by atoms with Crippen LogP contribution >= 0.6 is 0 Å². The summed E-state index contributed by atoms with van der Waals surface area (Å²) in [5.41, 5.74) is -1.29. The number of rotatable bonds is 5. The number of benzene rings is 1. The number of methoxy groups -OCH3 is 1. The summed E-state index contributed by atoms with van der Waals surface area (Å²) in [6.07, 6.45) is 0. The molecule has 0 amide bonds. The van der Waals surface area contributed by atoms with Crippen LogP contribution in [0.25, 0.3) is 0 Å². The topological polar surface area (TPSA) is 80.7 Å². The van der Waals surface area contributed by atoms with Crippen molar-refractivity contribution in [3.8, 4) is 0 Å². The molecular weight excluding hydrogens is 282 g/mol. The second kappa shape index (κ2) is 5.62. The van der Waals surface area contributed by atoms with Gasteiger partial charge in [-0.2, -0.15) is 0 Å². The first-order valence-electron chi connectivity index (χ1n) is 5.17. The van der Waals surface area contributed by atoms with Crippen LogP contribution in [0.1, 0.15) is 17.3 Å². The average Bonchev–Trinajstić information content (AvgIpc) is 2.28. The van der Waals surface area contributed by atoms with Gasteiger partial charge < -0.3 is 9.84 Å². The van der Waals surface area contributed by atoms with Gasteiger partial charge in [-0.15, -0.1) is 0 Å². The van der Waals surface area contributed by atoms with E-state index in [1.54, 1.807) is 0 Å². The van der Waals surface area contributed by atoms with Crippen LogP contribution in [0, 0.1) is 11.6 Å². The third-order valence-corrected chi connectivity index (χ3v) is 4.63. The van der Waals surface area contributed by atoms with Crippen LogP contribution in [-0.4, -0.2) is 38.5 Å². The van der Waals surface area contributed by atoms with Crippen LogP contribution in [0.3, 0.4) is 0 Å². The third kappa shape index (κ3) is 2.90. The number of aromatic carboxylic acids is 1. The van der Waals surface area contributed by atoms with E-state index in [1.807, 2.05) is 0 Å². The standard InChI is InChI=1S/C11H12F2O5S/c1-6(5-18-2)19(16,17)8-4-3-7(12)9(10(8)13)11(14)15/h3-4,6H,5H2,1-2H3,(H,14,15). The Labute approximate surface area is 108 Å². The summed E-state index contributed by atoms with van der Waals surface area (Å²) in [7, 11) is -2.86. The first-order valence-corrected chi connectivity index (χ1v) is 6.72. The minimum Gasteiger partial charge on any atom is -0.477 e. The molecule has 0 aliphatic carbocycles. The molecule has 5 nitrogen and oxygen atoms in total. The maximum absolute atomic E-state index is 13.8. The Bertz CT molecular complexity index is 597. The van der Waals surface area contributed by atoms with Crippen molar-refractivity contribution in [1.82, 2.24) is 0 Å². The van der Waals surface area contributed by atoms with Gasteiger partial charge in [-0.1, -0.05) is 0 Å². The van der Waals surface area contributed by atoms with Crippen molar-refractivity contribution in [3.05, 3.63) is 29.3 Å². The molecule has 1 N–H and O–H groups in total. The van der Waals surface area contributed by atoms with Crippen LogP contribution in [0.2, 0.25) is 0 Å². The molecule has 0 aliphatic rings. The fourth-order valence-electron chi connectivity index (χ4n) is 1.49. The van der Waals surface area contributed by atoms with Gasteiger partial charge in [0, 0.05) is 7.11 Å². The Morgan fingerprint density at radius 2 is 2.00 bits per heavy atom. The number of carboxylic acid groups (broad SMARTS) is 1. The maximum atomic E-state index is 13.8. The normalized spacial score (nSPS) is 13.3. The van der Waals surface area contributed by atoms with E-state index in [1.165, 1.54) is 14.0 Å². The molecule has 1 atom stereocenters. The molecule has 0 aromatic heterocycles. The van der Waals surface area contributed by atoms with Crippen molar-refractivity contribution in [3.63, 3.8) is 0 Å². The first-order chi connectivity index (χ1) is 8.73. The molecule has 0 saturated carbocycles. The molecule has 0 bridgehead atoms. The van der Waals surface area contributed by atoms with Crippen molar-refractivity contribution >= 4 is 15.8 Å². The van der Waals surface area contributed by atoms with Gasteiger partial charge in [-0.05, 0) is 19.1 Å². The highest BCUT2D eigenvalue weighted by atomic mass is 32.2. The lowest BCUT2D eigenvalue weighted by atomic mass is 10.2. The molecule has 106 valence electrons. The predicted molar refractivity (Wildman–Crippen MR) is 61.8 cm³/mol. The fraction of sp³-hybridized carbons (Fsp3) is 0.364. The molecular formula is C11H12F2O5S. The van der Waals surface area contributed by atoms with Gasteiger partial charge in [0.25, 0.3) is 0 Å². The van der Waals surface area contributed by atoms with Crippen LogP contribution < -0.4 is 0 Å².